The van der Waals surface area contributed by atoms with Gasteiger partial charge in [-0.3, -0.25) is 4.57 Å². The number of hydrogen-bond donors (Lipinski definition) is 1. The smallest absolute Gasteiger partial charge is 0.328 e. The summed E-state index contributed by atoms with van der Waals surface area (Å²) in [6, 6.07) is 0. The third kappa shape index (κ3) is 7.94. The van der Waals surface area contributed by atoms with Gasteiger partial charge in [0.15, 0.2) is 6.29 Å². The molecule has 0 aromatic heterocycles. The van der Waals surface area contributed by atoms with Crippen molar-refractivity contribution in [3.63, 3.8) is 0 Å². The molecule has 0 rings (SSSR count). The van der Waals surface area contributed by atoms with Gasteiger partial charge in [-0.05, 0) is 20.8 Å². The lowest BCUT2D eigenvalue weighted by Gasteiger charge is -2.18. The van der Waals surface area contributed by atoms with Crippen LogP contribution < -0.4 is 0 Å². The van der Waals surface area contributed by atoms with E-state index in [9.17, 15) is 9.46 Å². The van der Waals surface area contributed by atoms with Crippen LogP contribution in [0.4, 0.5) is 0 Å². The van der Waals surface area contributed by atoms with Crippen LogP contribution in [0.3, 0.4) is 0 Å². The minimum Gasteiger partial charge on any atom is -0.353 e. The summed E-state index contributed by atoms with van der Waals surface area (Å²) in [5.41, 5.74) is 0. The monoisotopic (exact) mass is 240 g/mol. The number of ether oxygens (including phenoxy) is 2. The van der Waals surface area contributed by atoms with Gasteiger partial charge in [-0.1, -0.05) is 0 Å². The Morgan fingerprint density at radius 1 is 1.13 bits per heavy atom. The summed E-state index contributed by atoms with van der Waals surface area (Å²) >= 11 is 0. The molecule has 1 atom stereocenters. The molecule has 0 aliphatic heterocycles. The van der Waals surface area contributed by atoms with E-state index in [4.69, 9.17) is 14.0 Å². The molecule has 0 aromatic carbocycles. The van der Waals surface area contributed by atoms with E-state index in [0.717, 1.165) is 0 Å². The standard InChI is InChI=1S/C9H21O5P/c1-4-12-9(13-5-2)7-8-15(10,11)14-6-3/h9H,4-8H2,1-3H3,(H,10,11). The molecule has 1 unspecified atom stereocenters. The summed E-state index contributed by atoms with van der Waals surface area (Å²) in [6.45, 7) is 6.68. The maximum atomic E-state index is 11.3. The van der Waals surface area contributed by atoms with Crippen molar-refractivity contribution in [1.29, 1.82) is 0 Å². The highest BCUT2D eigenvalue weighted by molar-refractivity contribution is 7.52. The third-order valence-corrected chi connectivity index (χ3v) is 3.17. The van der Waals surface area contributed by atoms with Crippen molar-refractivity contribution in [2.24, 2.45) is 0 Å². The van der Waals surface area contributed by atoms with Gasteiger partial charge in [-0.25, -0.2) is 0 Å². The Kier molecular flexibility index (Phi) is 8.29. The van der Waals surface area contributed by atoms with Gasteiger partial charge < -0.3 is 18.9 Å². The zero-order valence-corrected chi connectivity index (χ0v) is 10.5. The van der Waals surface area contributed by atoms with Gasteiger partial charge in [0.2, 0.25) is 0 Å². The first-order valence-corrected chi connectivity index (χ1v) is 7.01. The van der Waals surface area contributed by atoms with Crippen LogP contribution >= 0.6 is 7.60 Å². The van der Waals surface area contributed by atoms with E-state index in [-0.39, 0.29) is 12.8 Å². The molecule has 1 N–H and O–H groups in total. The van der Waals surface area contributed by atoms with E-state index < -0.39 is 13.9 Å². The van der Waals surface area contributed by atoms with Gasteiger partial charge in [0.25, 0.3) is 0 Å². The minimum absolute atomic E-state index is 0.0610. The third-order valence-electron chi connectivity index (χ3n) is 1.68. The Morgan fingerprint density at radius 3 is 2.07 bits per heavy atom. The molecular weight excluding hydrogens is 219 g/mol. The predicted octanol–water partition coefficient (Wildman–Crippen LogP) is 2.00. The lowest BCUT2D eigenvalue weighted by molar-refractivity contribution is -0.136. The molecule has 92 valence electrons. The quantitative estimate of drug-likeness (QED) is 0.493. The van der Waals surface area contributed by atoms with Gasteiger partial charge >= 0.3 is 7.60 Å². The van der Waals surface area contributed by atoms with Crippen molar-refractivity contribution in [2.75, 3.05) is 26.0 Å². The summed E-state index contributed by atoms with van der Waals surface area (Å²) in [4.78, 5) is 9.32. The first-order valence-electron chi connectivity index (χ1n) is 5.25. The van der Waals surface area contributed by atoms with Crippen molar-refractivity contribution in [1.82, 2.24) is 0 Å². The molecule has 0 aliphatic carbocycles. The lowest BCUT2D eigenvalue weighted by atomic mass is 10.5. The molecule has 6 heteroatoms. The van der Waals surface area contributed by atoms with Gasteiger partial charge in [0.1, 0.15) is 0 Å². The van der Waals surface area contributed by atoms with Gasteiger partial charge in [0, 0.05) is 19.6 Å². The molecule has 0 saturated heterocycles. The molecule has 15 heavy (non-hydrogen) atoms. The summed E-state index contributed by atoms with van der Waals surface area (Å²) < 4.78 is 26.6. The maximum Gasteiger partial charge on any atom is 0.328 e. The highest BCUT2D eigenvalue weighted by atomic mass is 31.2. The molecule has 0 heterocycles. The average Bonchev–Trinajstić information content (AvgIpc) is 2.15. The van der Waals surface area contributed by atoms with Crippen LogP contribution in [0.2, 0.25) is 0 Å². The second-order valence-electron chi connectivity index (χ2n) is 2.91. The maximum absolute atomic E-state index is 11.3. The van der Waals surface area contributed by atoms with Crippen molar-refractivity contribution in [2.45, 2.75) is 33.5 Å². The van der Waals surface area contributed by atoms with Gasteiger partial charge in [0.05, 0.1) is 12.8 Å². The SMILES string of the molecule is CCOC(CCP(=O)(O)OCC)OCC. The van der Waals surface area contributed by atoms with E-state index in [1.54, 1.807) is 6.92 Å². The molecule has 0 aromatic rings. The van der Waals surface area contributed by atoms with Crippen LogP contribution in [0.5, 0.6) is 0 Å². The number of hydrogen-bond acceptors (Lipinski definition) is 4. The summed E-state index contributed by atoms with van der Waals surface area (Å²) in [5.74, 6) is 0. The number of rotatable bonds is 9. The Hall–Kier alpha value is 0.0700. The van der Waals surface area contributed by atoms with E-state index in [2.05, 4.69) is 0 Å². The largest absolute Gasteiger partial charge is 0.353 e. The summed E-state index contributed by atoms with van der Waals surface area (Å²) in [7, 11) is -3.45. The topological polar surface area (TPSA) is 65.0 Å². The Morgan fingerprint density at radius 2 is 1.67 bits per heavy atom. The molecule has 0 fully saturated rings. The fourth-order valence-corrected chi connectivity index (χ4v) is 2.19. The van der Waals surface area contributed by atoms with Crippen molar-refractivity contribution < 1.29 is 23.5 Å². The van der Waals surface area contributed by atoms with Crippen LogP contribution in [-0.4, -0.2) is 37.2 Å². The van der Waals surface area contributed by atoms with E-state index in [1.165, 1.54) is 0 Å². The van der Waals surface area contributed by atoms with Crippen LogP contribution in [0.25, 0.3) is 0 Å². The van der Waals surface area contributed by atoms with Gasteiger partial charge in [-0.2, -0.15) is 0 Å². The van der Waals surface area contributed by atoms with Crippen molar-refractivity contribution in [3.8, 4) is 0 Å². The Labute approximate surface area is 91.3 Å². The highest BCUT2D eigenvalue weighted by Gasteiger charge is 2.21. The summed E-state index contributed by atoms with van der Waals surface area (Å²) in [5, 5.41) is 0. The van der Waals surface area contributed by atoms with Crippen LogP contribution in [0, 0.1) is 0 Å². The van der Waals surface area contributed by atoms with Gasteiger partial charge in [-0.15, -0.1) is 0 Å². The van der Waals surface area contributed by atoms with E-state index in [0.29, 0.717) is 19.6 Å². The first-order chi connectivity index (χ1) is 7.05. The second-order valence-corrected chi connectivity index (χ2v) is 4.89. The van der Waals surface area contributed by atoms with Crippen LogP contribution in [0.15, 0.2) is 0 Å². The molecule has 0 radical (unpaired) electrons. The molecule has 0 saturated carbocycles. The highest BCUT2D eigenvalue weighted by Crippen LogP contribution is 2.42. The Bertz CT molecular complexity index is 191. The zero-order chi connectivity index (χ0) is 11.7. The first kappa shape index (κ1) is 15.1. The fraction of sp³-hybridized carbons (Fsp3) is 1.00. The second kappa shape index (κ2) is 8.25. The van der Waals surface area contributed by atoms with E-state index in [1.807, 2.05) is 13.8 Å². The minimum atomic E-state index is -3.45. The van der Waals surface area contributed by atoms with Crippen molar-refractivity contribution >= 4 is 7.60 Å². The predicted molar refractivity (Wildman–Crippen MR) is 58.0 cm³/mol. The van der Waals surface area contributed by atoms with Crippen molar-refractivity contribution in [3.05, 3.63) is 0 Å². The lowest BCUT2D eigenvalue weighted by Crippen LogP contribution is -2.19. The molecule has 5 nitrogen and oxygen atoms in total. The zero-order valence-electron chi connectivity index (χ0n) is 9.64. The summed E-state index contributed by atoms with van der Waals surface area (Å²) in [6.07, 6.45) is 0.0157. The van der Waals surface area contributed by atoms with E-state index >= 15 is 0 Å². The molecular formula is C9H21O5P. The molecule has 0 amide bonds. The average molecular weight is 240 g/mol. The Balaban J connectivity index is 3.91. The van der Waals surface area contributed by atoms with Crippen LogP contribution in [-0.2, 0) is 18.6 Å². The van der Waals surface area contributed by atoms with Crippen LogP contribution in [0.1, 0.15) is 27.2 Å². The normalized spacial score (nSPS) is 15.5. The molecule has 0 spiro atoms. The molecule has 0 bridgehead atoms. The fourth-order valence-electron chi connectivity index (χ4n) is 1.12. The molecule has 0 aliphatic rings.